The number of nitrogens with one attached hydrogen (secondary N) is 1. The van der Waals surface area contributed by atoms with Gasteiger partial charge in [0.2, 0.25) is 11.8 Å². The Kier molecular flexibility index (Phi) is 10.1. The molecule has 0 aliphatic rings. The number of ether oxygens (including phenoxy) is 1. The lowest BCUT2D eigenvalue weighted by molar-refractivity contribution is -0.139. The lowest BCUT2D eigenvalue weighted by Gasteiger charge is -2.33. The molecule has 2 atom stereocenters. The Morgan fingerprint density at radius 1 is 1.00 bits per heavy atom. The van der Waals surface area contributed by atoms with Gasteiger partial charge in [-0.1, -0.05) is 37.3 Å². The highest BCUT2D eigenvalue weighted by molar-refractivity contribution is 7.90. The van der Waals surface area contributed by atoms with Crippen LogP contribution in [0.25, 0.3) is 0 Å². The zero-order chi connectivity index (χ0) is 26.2. The molecular weight excluding hydrogens is 468 g/mol. The van der Waals surface area contributed by atoms with Crippen LogP contribution in [0.3, 0.4) is 0 Å². The summed E-state index contributed by atoms with van der Waals surface area (Å²) in [5.41, 5.74) is 1.14. The van der Waals surface area contributed by atoms with E-state index in [1.165, 1.54) is 19.0 Å². The second-order valence-corrected chi connectivity index (χ2v) is 10.6. The summed E-state index contributed by atoms with van der Waals surface area (Å²) in [6.45, 7) is 5.16. The van der Waals surface area contributed by atoms with E-state index in [9.17, 15) is 18.0 Å². The van der Waals surface area contributed by atoms with Crippen molar-refractivity contribution in [2.24, 2.45) is 0 Å². The molecule has 0 spiro atoms. The summed E-state index contributed by atoms with van der Waals surface area (Å²) in [7, 11) is 0.415. The van der Waals surface area contributed by atoms with Crippen LogP contribution in [0, 0.1) is 0 Å². The van der Waals surface area contributed by atoms with Crippen LogP contribution < -0.4 is 14.4 Å². The Bertz CT molecular complexity index is 1070. The Hall–Kier alpha value is -3.11. The standard InChI is InChI=1S/C25H36N4O5S/c1-7-19(2)26-25(31)20(3)28(17-21-13-15-23(34-6)16-14-21)24(30)18-29(35(32,33)27(4)5)22-11-9-8-10-12-22/h8-16,19-20H,7,17-18H2,1-6H3,(H,26,31)/t19-,20-/m0/s1. The summed E-state index contributed by atoms with van der Waals surface area (Å²) in [4.78, 5) is 28.0. The first-order valence-corrected chi connectivity index (χ1v) is 12.9. The average Bonchev–Trinajstić information content (AvgIpc) is 2.85. The zero-order valence-corrected chi connectivity index (χ0v) is 22.1. The molecule has 2 aromatic rings. The van der Waals surface area contributed by atoms with E-state index in [0.717, 1.165) is 20.6 Å². The van der Waals surface area contributed by atoms with Gasteiger partial charge >= 0.3 is 10.2 Å². The molecule has 35 heavy (non-hydrogen) atoms. The lowest BCUT2D eigenvalue weighted by atomic mass is 10.1. The molecule has 0 radical (unpaired) electrons. The first-order valence-electron chi connectivity index (χ1n) is 11.5. The number of hydrogen-bond acceptors (Lipinski definition) is 5. The molecule has 192 valence electrons. The van der Waals surface area contributed by atoms with Gasteiger partial charge in [-0.25, -0.2) is 4.31 Å². The molecule has 0 unspecified atom stereocenters. The lowest BCUT2D eigenvalue weighted by Crippen LogP contribution is -2.53. The average molecular weight is 505 g/mol. The summed E-state index contributed by atoms with van der Waals surface area (Å²) in [6.07, 6.45) is 0.744. The predicted octanol–water partition coefficient (Wildman–Crippen LogP) is 2.64. The number of benzene rings is 2. The number of rotatable bonds is 12. The molecule has 2 aromatic carbocycles. The van der Waals surface area contributed by atoms with Crippen LogP contribution in [-0.2, 0) is 26.3 Å². The molecular formula is C25H36N4O5S. The van der Waals surface area contributed by atoms with E-state index in [1.54, 1.807) is 56.5 Å². The summed E-state index contributed by atoms with van der Waals surface area (Å²) in [6, 6.07) is 14.7. The number of nitrogens with zero attached hydrogens (tertiary/aromatic N) is 3. The van der Waals surface area contributed by atoms with Crippen LogP contribution in [0.15, 0.2) is 54.6 Å². The van der Waals surface area contributed by atoms with Gasteiger partial charge in [0.25, 0.3) is 0 Å². The molecule has 0 saturated heterocycles. The summed E-state index contributed by atoms with van der Waals surface area (Å²) < 4.78 is 33.5. The van der Waals surface area contributed by atoms with Crippen molar-refractivity contribution in [2.45, 2.75) is 45.8 Å². The predicted molar refractivity (Wildman–Crippen MR) is 137 cm³/mol. The van der Waals surface area contributed by atoms with E-state index >= 15 is 0 Å². The second kappa shape index (κ2) is 12.6. The van der Waals surface area contributed by atoms with Crippen molar-refractivity contribution in [3.05, 3.63) is 60.2 Å². The molecule has 0 bridgehead atoms. The molecule has 0 aliphatic carbocycles. The van der Waals surface area contributed by atoms with Gasteiger partial charge in [0.15, 0.2) is 0 Å². The minimum atomic E-state index is -3.97. The highest BCUT2D eigenvalue weighted by Gasteiger charge is 2.32. The summed E-state index contributed by atoms with van der Waals surface area (Å²) >= 11 is 0. The topological polar surface area (TPSA) is 99.3 Å². The highest BCUT2D eigenvalue weighted by Crippen LogP contribution is 2.21. The fourth-order valence-corrected chi connectivity index (χ4v) is 4.34. The number of carbonyl (C=O) groups excluding carboxylic acids is 2. The van der Waals surface area contributed by atoms with Crippen LogP contribution in [0.4, 0.5) is 5.69 Å². The van der Waals surface area contributed by atoms with E-state index < -0.39 is 28.7 Å². The van der Waals surface area contributed by atoms with Crippen molar-refractivity contribution in [1.29, 1.82) is 0 Å². The third kappa shape index (κ3) is 7.43. The first kappa shape index (κ1) is 28.1. The maximum atomic E-state index is 13.6. The van der Waals surface area contributed by atoms with Crippen molar-refractivity contribution in [3.63, 3.8) is 0 Å². The number of methoxy groups -OCH3 is 1. The van der Waals surface area contributed by atoms with Crippen LogP contribution in [-0.4, -0.2) is 69.3 Å². The Morgan fingerprint density at radius 2 is 1.60 bits per heavy atom. The van der Waals surface area contributed by atoms with E-state index in [4.69, 9.17) is 4.74 Å². The second-order valence-electron chi connectivity index (χ2n) is 8.50. The molecule has 0 aliphatic heterocycles. The minimum Gasteiger partial charge on any atom is -0.497 e. The van der Waals surface area contributed by atoms with Crippen molar-refractivity contribution >= 4 is 27.7 Å². The van der Waals surface area contributed by atoms with Crippen molar-refractivity contribution in [2.75, 3.05) is 32.1 Å². The van der Waals surface area contributed by atoms with Gasteiger partial charge in [-0.15, -0.1) is 0 Å². The highest BCUT2D eigenvalue weighted by atomic mass is 32.2. The van der Waals surface area contributed by atoms with Gasteiger partial charge in [0.1, 0.15) is 18.3 Å². The Morgan fingerprint density at radius 3 is 2.11 bits per heavy atom. The van der Waals surface area contributed by atoms with Crippen LogP contribution in [0.2, 0.25) is 0 Å². The van der Waals surface area contributed by atoms with Gasteiger partial charge in [-0.3, -0.25) is 9.59 Å². The molecule has 0 saturated carbocycles. The van der Waals surface area contributed by atoms with E-state index in [-0.39, 0.29) is 18.5 Å². The van der Waals surface area contributed by atoms with Gasteiger partial charge in [0.05, 0.1) is 12.8 Å². The normalized spacial score (nSPS) is 13.1. The number of amides is 2. The van der Waals surface area contributed by atoms with Crippen LogP contribution in [0.1, 0.15) is 32.8 Å². The molecule has 2 amide bonds. The van der Waals surface area contributed by atoms with E-state index in [0.29, 0.717) is 11.4 Å². The monoisotopic (exact) mass is 504 g/mol. The number of anilines is 1. The van der Waals surface area contributed by atoms with Gasteiger partial charge < -0.3 is 15.0 Å². The van der Waals surface area contributed by atoms with Crippen LogP contribution in [0.5, 0.6) is 5.75 Å². The SMILES string of the molecule is CC[C@H](C)NC(=O)[C@H](C)N(Cc1ccc(OC)cc1)C(=O)CN(c1ccccc1)S(=O)(=O)N(C)C. The fraction of sp³-hybridized carbons (Fsp3) is 0.440. The largest absolute Gasteiger partial charge is 0.497 e. The number of carbonyl (C=O) groups is 2. The van der Waals surface area contributed by atoms with Gasteiger partial charge in [-0.05, 0) is 50.1 Å². The third-order valence-electron chi connectivity index (χ3n) is 5.74. The van der Waals surface area contributed by atoms with Gasteiger partial charge in [0, 0.05) is 26.7 Å². The van der Waals surface area contributed by atoms with Crippen molar-refractivity contribution < 1.29 is 22.7 Å². The number of para-hydroxylation sites is 1. The molecule has 0 fully saturated rings. The summed E-state index contributed by atoms with van der Waals surface area (Å²) in [5.74, 6) is -0.133. The van der Waals surface area contributed by atoms with Crippen molar-refractivity contribution in [3.8, 4) is 5.75 Å². The smallest absolute Gasteiger partial charge is 0.304 e. The maximum absolute atomic E-state index is 13.6. The quantitative estimate of drug-likeness (QED) is 0.479. The van der Waals surface area contributed by atoms with Crippen molar-refractivity contribution in [1.82, 2.24) is 14.5 Å². The third-order valence-corrected chi connectivity index (χ3v) is 7.56. The molecule has 0 aromatic heterocycles. The molecule has 10 heteroatoms. The summed E-state index contributed by atoms with van der Waals surface area (Å²) in [5, 5.41) is 2.91. The molecule has 2 rings (SSSR count). The van der Waals surface area contributed by atoms with E-state index in [2.05, 4.69) is 5.32 Å². The maximum Gasteiger partial charge on any atom is 0.304 e. The molecule has 0 heterocycles. The molecule has 9 nitrogen and oxygen atoms in total. The zero-order valence-electron chi connectivity index (χ0n) is 21.3. The van der Waals surface area contributed by atoms with Gasteiger partial charge in [-0.2, -0.15) is 12.7 Å². The Balaban J connectivity index is 2.41. The molecule has 1 N–H and O–H groups in total. The number of hydrogen-bond donors (Lipinski definition) is 1. The fourth-order valence-electron chi connectivity index (χ4n) is 3.29. The Labute approximate surface area is 208 Å². The first-order chi connectivity index (χ1) is 16.5. The van der Waals surface area contributed by atoms with Crippen LogP contribution >= 0.6 is 0 Å². The minimum absolute atomic E-state index is 0.0576. The van der Waals surface area contributed by atoms with E-state index in [1.807, 2.05) is 26.0 Å².